The smallest absolute Gasteiger partial charge is 0.224 e. The Morgan fingerprint density at radius 3 is 2.10 bits per heavy atom. The second kappa shape index (κ2) is 19.0. The zero-order valence-electron chi connectivity index (χ0n) is 19.6. The molecule has 2 fully saturated rings. The molecule has 0 spiro atoms. The zero-order valence-corrected chi connectivity index (χ0v) is 19.6. The molecule has 2 rings (SSSR count). The van der Waals surface area contributed by atoms with Gasteiger partial charge in [-0.15, -0.1) is 0 Å². The average molecular weight is 415 g/mol. The summed E-state index contributed by atoms with van der Waals surface area (Å²) in [5, 5.41) is 3.22. The fourth-order valence-electron chi connectivity index (χ4n) is 3.45. The number of ketones is 1. The van der Waals surface area contributed by atoms with Gasteiger partial charge in [0.05, 0.1) is 26.2 Å². The SMILES string of the molecule is CC.CC(C)C(=O)C1CCCCC1.CCOCCOCCC(=O)N1CCNCC1. The number of nitrogens with one attached hydrogen (secondary N) is 1. The Kier molecular flexibility index (Phi) is 18.4. The molecule has 0 aromatic carbocycles. The molecule has 172 valence electrons. The Hall–Kier alpha value is -0.980. The summed E-state index contributed by atoms with van der Waals surface area (Å²) in [5.41, 5.74) is 0. The summed E-state index contributed by atoms with van der Waals surface area (Å²) >= 11 is 0. The Morgan fingerprint density at radius 1 is 0.966 bits per heavy atom. The predicted octanol–water partition coefficient (Wildman–Crippen LogP) is 3.68. The minimum absolute atomic E-state index is 0.193. The third-order valence-corrected chi connectivity index (χ3v) is 5.08. The van der Waals surface area contributed by atoms with Crippen LogP contribution in [0, 0.1) is 11.8 Å². The van der Waals surface area contributed by atoms with Gasteiger partial charge in [-0.3, -0.25) is 9.59 Å². The second-order valence-corrected chi connectivity index (χ2v) is 7.58. The molecule has 0 aromatic heterocycles. The van der Waals surface area contributed by atoms with Crippen molar-refractivity contribution in [3.8, 4) is 0 Å². The highest BCUT2D eigenvalue weighted by molar-refractivity contribution is 5.82. The maximum absolute atomic E-state index is 11.7. The van der Waals surface area contributed by atoms with E-state index in [1.165, 1.54) is 19.3 Å². The van der Waals surface area contributed by atoms with E-state index in [0.29, 0.717) is 44.5 Å². The Morgan fingerprint density at radius 2 is 1.55 bits per heavy atom. The van der Waals surface area contributed by atoms with Crippen LogP contribution in [0.3, 0.4) is 0 Å². The van der Waals surface area contributed by atoms with Gasteiger partial charge in [0.15, 0.2) is 0 Å². The number of hydrogen-bond acceptors (Lipinski definition) is 5. The number of nitrogens with zero attached hydrogens (tertiary/aromatic N) is 1. The van der Waals surface area contributed by atoms with Gasteiger partial charge in [0.2, 0.25) is 5.91 Å². The Balaban J connectivity index is 0.000000526. The Labute approximate surface area is 179 Å². The average Bonchev–Trinajstić information content (AvgIpc) is 2.78. The van der Waals surface area contributed by atoms with Crippen molar-refractivity contribution in [1.29, 1.82) is 0 Å². The summed E-state index contributed by atoms with van der Waals surface area (Å²) in [6, 6.07) is 0. The molecule has 1 saturated heterocycles. The molecule has 6 heteroatoms. The first kappa shape index (κ1) is 28.0. The molecule has 0 atom stereocenters. The molecule has 1 heterocycles. The van der Waals surface area contributed by atoms with E-state index in [1.54, 1.807) is 0 Å². The molecule has 1 N–H and O–H groups in total. The molecule has 1 aliphatic heterocycles. The van der Waals surface area contributed by atoms with Gasteiger partial charge in [-0.25, -0.2) is 0 Å². The summed E-state index contributed by atoms with van der Waals surface area (Å²) in [6.45, 7) is 15.8. The van der Waals surface area contributed by atoms with Gasteiger partial charge in [0.25, 0.3) is 0 Å². The van der Waals surface area contributed by atoms with Crippen molar-refractivity contribution in [2.24, 2.45) is 11.8 Å². The van der Waals surface area contributed by atoms with Crippen molar-refractivity contribution in [1.82, 2.24) is 10.2 Å². The number of hydrogen-bond donors (Lipinski definition) is 1. The predicted molar refractivity (Wildman–Crippen MR) is 119 cm³/mol. The van der Waals surface area contributed by atoms with Gasteiger partial charge >= 0.3 is 0 Å². The highest BCUT2D eigenvalue weighted by Gasteiger charge is 2.22. The highest BCUT2D eigenvalue weighted by Crippen LogP contribution is 2.26. The second-order valence-electron chi connectivity index (χ2n) is 7.58. The lowest BCUT2D eigenvalue weighted by Gasteiger charge is -2.27. The van der Waals surface area contributed by atoms with Crippen LogP contribution in [0.4, 0.5) is 0 Å². The first-order chi connectivity index (χ1) is 14.1. The maximum atomic E-state index is 11.7. The number of carbonyl (C=O) groups is 2. The van der Waals surface area contributed by atoms with Crippen LogP contribution < -0.4 is 5.32 Å². The molecule has 0 unspecified atom stereocenters. The number of carbonyl (C=O) groups excluding carboxylic acids is 2. The zero-order chi connectivity index (χ0) is 21.9. The largest absolute Gasteiger partial charge is 0.379 e. The molecule has 1 saturated carbocycles. The molecule has 0 radical (unpaired) electrons. The fraction of sp³-hybridized carbons (Fsp3) is 0.913. The van der Waals surface area contributed by atoms with Crippen LogP contribution in [0.25, 0.3) is 0 Å². The van der Waals surface area contributed by atoms with Crippen LogP contribution in [0.5, 0.6) is 0 Å². The third-order valence-electron chi connectivity index (χ3n) is 5.08. The van der Waals surface area contributed by atoms with Gasteiger partial charge in [-0.1, -0.05) is 47.0 Å². The third kappa shape index (κ3) is 13.8. The van der Waals surface area contributed by atoms with Crippen molar-refractivity contribution in [2.75, 3.05) is 52.6 Å². The van der Waals surface area contributed by atoms with Crippen molar-refractivity contribution in [2.45, 2.75) is 73.1 Å². The van der Waals surface area contributed by atoms with Gasteiger partial charge in [-0.2, -0.15) is 0 Å². The molecular weight excluding hydrogens is 368 g/mol. The lowest BCUT2D eigenvalue weighted by Crippen LogP contribution is -2.46. The van der Waals surface area contributed by atoms with E-state index in [1.807, 2.05) is 39.5 Å². The lowest BCUT2D eigenvalue weighted by molar-refractivity contribution is -0.133. The van der Waals surface area contributed by atoms with Crippen LogP contribution in [-0.2, 0) is 19.1 Å². The summed E-state index contributed by atoms with van der Waals surface area (Å²) in [5.74, 6) is 1.34. The summed E-state index contributed by atoms with van der Waals surface area (Å²) in [7, 11) is 0. The number of ether oxygens (including phenoxy) is 2. The van der Waals surface area contributed by atoms with Crippen LogP contribution in [0.1, 0.15) is 73.1 Å². The van der Waals surface area contributed by atoms with Crippen molar-refractivity contribution < 1.29 is 19.1 Å². The molecule has 1 aliphatic carbocycles. The van der Waals surface area contributed by atoms with Gasteiger partial charge in [0.1, 0.15) is 5.78 Å². The molecule has 0 aromatic rings. The molecular formula is C23H46N2O4. The minimum Gasteiger partial charge on any atom is -0.379 e. The molecule has 1 amide bonds. The van der Waals surface area contributed by atoms with E-state index in [-0.39, 0.29) is 11.8 Å². The van der Waals surface area contributed by atoms with E-state index in [9.17, 15) is 9.59 Å². The fourth-order valence-corrected chi connectivity index (χ4v) is 3.45. The number of amides is 1. The monoisotopic (exact) mass is 414 g/mol. The summed E-state index contributed by atoms with van der Waals surface area (Å²) in [4.78, 5) is 25.1. The molecule has 6 nitrogen and oxygen atoms in total. The highest BCUT2D eigenvalue weighted by atomic mass is 16.5. The molecule has 2 aliphatic rings. The minimum atomic E-state index is 0.193. The van der Waals surface area contributed by atoms with Crippen LogP contribution in [-0.4, -0.2) is 69.2 Å². The normalized spacial score (nSPS) is 17.1. The van der Waals surface area contributed by atoms with Crippen LogP contribution >= 0.6 is 0 Å². The first-order valence-electron chi connectivity index (χ1n) is 11.7. The van der Waals surface area contributed by atoms with E-state index < -0.39 is 0 Å². The Bertz CT molecular complexity index is 404. The van der Waals surface area contributed by atoms with E-state index >= 15 is 0 Å². The van der Waals surface area contributed by atoms with E-state index in [2.05, 4.69) is 5.32 Å². The molecule has 29 heavy (non-hydrogen) atoms. The maximum Gasteiger partial charge on any atom is 0.224 e. The number of piperazine rings is 1. The quantitative estimate of drug-likeness (QED) is 0.583. The van der Waals surface area contributed by atoms with Gasteiger partial charge in [0, 0.05) is 44.6 Å². The van der Waals surface area contributed by atoms with Gasteiger partial charge in [-0.05, 0) is 19.8 Å². The van der Waals surface area contributed by atoms with Crippen LogP contribution in [0.15, 0.2) is 0 Å². The number of Topliss-reactive ketones (excluding diaryl/α,β-unsaturated/α-hetero) is 1. The van der Waals surface area contributed by atoms with Crippen molar-refractivity contribution in [3.63, 3.8) is 0 Å². The summed E-state index contributed by atoms with van der Waals surface area (Å²) < 4.78 is 10.4. The standard InChI is InChI=1S/C11H22N2O3.C10H18O.C2H6/c1-2-15-9-10-16-8-3-11(14)13-6-4-12-5-7-13;1-8(2)10(11)9-6-4-3-5-7-9;1-2/h12H,2-10H2,1H3;8-9H,3-7H2,1-2H3;1-2H3. The topological polar surface area (TPSA) is 67.9 Å². The summed E-state index contributed by atoms with van der Waals surface area (Å²) in [6.07, 6.45) is 6.65. The van der Waals surface area contributed by atoms with E-state index in [4.69, 9.17) is 9.47 Å². The number of rotatable bonds is 9. The lowest BCUT2D eigenvalue weighted by atomic mass is 9.83. The first-order valence-corrected chi connectivity index (χ1v) is 11.7. The van der Waals surface area contributed by atoms with Crippen molar-refractivity contribution in [3.05, 3.63) is 0 Å². The van der Waals surface area contributed by atoms with Crippen LogP contribution in [0.2, 0.25) is 0 Å². The van der Waals surface area contributed by atoms with Crippen molar-refractivity contribution >= 4 is 11.7 Å². The van der Waals surface area contributed by atoms with E-state index in [0.717, 1.165) is 39.0 Å². The van der Waals surface area contributed by atoms with Gasteiger partial charge < -0.3 is 19.7 Å². The molecule has 0 bridgehead atoms.